The van der Waals surface area contributed by atoms with E-state index in [1.807, 2.05) is 55.4 Å². The number of halogens is 2. The van der Waals surface area contributed by atoms with E-state index in [0.717, 1.165) is 16.9 Å². The Kier molecular flexibility index (Phi) is 5.65. The van der Waals surface area contributed by atoms with Crippen LogP contribution in [0.15, 0.2) is 77.9 Å². The second-order valence-corrected chi connectivity index (χ2v) is 7.92. The van der Waals surface area contributed by atoms with Gasteiger partial charge in [0.05, 0.1) is 11.4 Å². The van der Waals surface area contributed by atoms with Crippen LogP contribution in [0.25, 0.3) is 0 Å². The number of hydrogen-bond acceptors (Lipinski definition) is 5. The molecule has 0 bridgehead atoms. The van der Waals surface area contributed by atoms with E-state index < -0.39 is 12.0 Å². The zero-order valence-corrected chi connectivity index (χ0v) is 18.2. The molecule has 0 amide bonds. The summed E-state index contributed by atoms with van der Waals surface area (Å²) < 4.78 is 14.9. The van der Waals surface area contributed by atoms with Gasteiger partial charge in [0.2, 0.25) is 0 Å². The van der Waals surface area contributed by atoms with Crippen LogP contribution in [-0.4, -0.2) is 25.7 Å². The summed E-state index contributed by atoms with van der Waals surface area (Å²) in [6.07, 6.45) is -0.548. The highest BCUT2D eigenvalue weighted by atomic mass is 35.5. The fourth-order valence-corrected chi connectivity index (χ4v) is 3.72. The smallest absolute Gasteiger partial charge is 0.198 e. The molecule has 0 N–H and O–H groups in total. The Bertz CT molecular complexity index is 1130. The molecular weight excluding hydrogens is 415 g/mol. The first kappa shape index (κ1) is 20.9. The molecule has 31 heavy (non-hydrogen) atoms. The number of anilines is 3. The average Bonchev–Trinajstić information content (AvgIpc) is 3.15. The summed E-state index contributed by atoms with van der Waals surface area (Å²) in [6.45, 7) is 1.43. The Labute approximate surface area is 186 Å². The second-order valence-electron chi connectivity index (χ2n) is 7.48. The zero-order valence-electron chi connectivity index (χ0n) is 17.5. The molecule has 0 aliphatic carbocycles. The topological polar surface area (TPSA) is 39.2 Å². The second kappa shape index (κ2) is 8.40. The zero-order chi connectivity index (χ0) is 22.1. The summed E-state index contributed by atoms with van der Waals surface area (Å²) in [7, 11) is 3.93. The third-order valence-electron chi connectivity index (χ3n) is 5.13. The standard InChI is InChI=1S/C24H22ClFN4O/c1-16(31)23-27-30(20-14-10-18(25)11-15-20)24(17-8-12-19(13-9-17)28(2)3)29(23)22-7-5-4-6-21(22)26/h4-15,24H,1-3H3. The minimum Gasteiger partial charge on any atom is -0.378 e. The van der Waals surface area contributed by atoms with Crippen molar-refractivity contribution in [3.05, 3.63) is 89.2 Å². The monoisotopic (exact) mass is 436 g/mol. The minimum absolute atomic E-state index is 0.168. The molecule has 0 aromatic heterocycles. The van der Waals surface area contributed by atoms with Crippen molar-refractivity contribution >= 4 is 40.3 Å². The summed E-state index contributed by atoms with van der Waals surface area (Å²) in [4.78, 5) is 16.2. The number of ketones is 1. The maximum absolute atomic E-state index is 14.9. The maximum Gasteiger partial charge on any atom is 0.198 e. The number of amidine groups is 1. The highest BCUT2D eigenvalue weighted by Crippen LogP contribution is 2.40. The first-order valence-corrected chi connectivity index (χ1v) is 10.2. The van der Waals surface area contributed by atoms with Crippen molar-refractivity contribution < 1.29 is 9.18 Å². The van der Waals surface area contributed by atoms with E-state index in [1.165, 1.54) is 13.0 Å². The molecule has 1 aliphatic heterocycles. The molecular formula is C24H22ClFN4O. The van der Waals surface area contributed by atoms with Crippen LogP contribution >= 0.6 is 11.6 Å². The third kappa shape index (κ3) is 3.99. The molecule has 1 unspecified atom stereocenters. The predicted octanol–water partition coefficient (Wildman–Crippen LogP) is 5.47. The third-order valence-corrected chi connectivity index (χ3v) is 5.38. The van der Waals surface area contributed by atoms with Gasteiger partial charge in [-0.2, -0.15) is 0 Å². The van der Waals surface area contributed by atoms with Gasteiger partial charge in [-0.3, -0.25) is 9.69 Å². The summed E-state index contributed by atoms with van der Waals surface area (Å²) in [5.74, 6) is -0.513. The number of hydrazone groups is 1. The quantitative estimate of drug-likeness (QED) is 0.531. The van der Waals surface area contributed by atoms with Crippen LogP contribution in [-0.2, 0) is 4.79 Å². The summed E-state index contributed by atoms with van der Waals surface area (Å²) in [6, 6.07) is 21.5. The summed E-state index contributed by atoms with van der Waals surface area (Å²) in [5, 5.41) is 6.93. The van der Waals surface area contributed by atoms with Gasteiger partial charge in [0, 0.05) is 31.7 Å². The van der Waals surface area contributed by atoms with Crippen LogP contribution in [0.4, 0.5) is 21.5 Å². The van der Waals surface area contributed by atoms with Gasteiger partial charge in [-0.1, -0.05) is 35.9 Å². The summed E-state index contributed by atoms with van der Waals surface area (Å²) >= 11 is 6.07. The van der Waals surface area contributed by atoms with Crippen molar-refractivity contribution in [1.29, 1.82) is 0 Å². The summed E-state index contributed by atoms with van der Waals surface area (Å²) in [5.41, 5.74) is 2.92. The predicted molar refractivity (Wildman–Crippen MR) is 124 cm³/mol. The van der Waals surface area contributed by atoms with Gasteiger partial charge in [-0.25, -0.2) is 9.40 Å². The Balaban J connectivity index is 1.89. The number of nitrogens with zero attached hydrogens (tertiary/aromatic N) is 4. The number of Topliss-reactive ketones (excluding diaryl/α,β-unsaturated/α-hetero) is 1. The number of rotatable bonds is 5. The van der Waals surface area contributed by atoms with E-state index in [-0.39, 0.29) is 17.3 Å². The Morgan fingerprint density at radius 1 is 1.00 bits per heavy atom. The van der Waals surface area contributed by atoms with E-state index >= 15 is 0 Å². The Morgan fingerprint density at radius 3 is 2.23 bits per heavy atom. The molecule has 7 heteroatoms. The van der Waals surface area contributed by atoms with Gasteiger partial charge in [0.15, 0.2) is 17.8 Å². The fraction of sp³-hybridized carbons (Fsp3) is 0.167. The number of hydrogen-bond donors (Lipinski definition) is 0. The molecule has 0 saturated carbocycles. The van der Waals surface area contributed by atoms with Crippen molar-refractivity contribution in [3.8, 4) is 0 Å². The van der Waals surface area contributed by atoms with Crippen molar-refractivity contribution in [2.75, 3.05) is 28.9 Å². The minimum atomic E-state index is -0.548. The Morgan fingerprint density at radius 2 is 1.65 bits per heavy atom. The average molecular weight is 437 g/mol. The lowest BCUT2D eigenvalue weighted by molar-refractivity contribution is -0.111. The van der Waals surface area contributed by atoms with Crippen LogP contribution in [0, 0.1) is 5.82 Å². The molecule has 1 heterocycles. The molecule has 0 radical (unpaired) electrons. The van der Waals surface area contributed by atoms with Crippen molar-refractivity contribution in [2.24, 2.45) is 5.10 Å². The van der Waals surface area contributed by atoms with Crippen molar-refractivity contribution in [2.45, 2.75) is 13.1 Å². The molecule has 3 aromatic carbocycles. The SMILES string of the molecule is CC(=O)C1=NN(c2ccc(Cl)cc2)C(c2ccc(N(C)C)cc2)N1c1ccccc1F. The number of para-hydroxylation sites is 1. The molecule has 5 nitrogen and oxygen atoms in total. The van der Waals surface area contributed by atoms with Crippen LogP contribution in [0.5, 0.6) is 0 Å². The van der Waals surface area contributed by atoms with Gasteiger partial charge in [-0.15, -0.1) is 5.10 Å². The highest BCUT2D eigenvalue weighted by molar-refractivity contribution is 6.44. The van der Waals surface area contributed by atoms with Gasteiger partial charge >= 0.3 is 0 Å². The van der Waals surface area contributed by atoms with E-state index in [9.17, 15) is 9.18 Å². The number of carbonyl (C=O) groups excluding carboxylic acids is 1. The fourth-order valence-electron chi connectivity index (χ4n) is 3.59. The number of carbonyl (C=O) groups is 1. The molecule has 0 saturated heterocycles. The lowest BCUT2D eigenvalue weighted by atomic mass is 10.1. The number of benzene rings is 3. The molecule has 158 valence electrons. The highest BCUT2D eigenvalue weighted by Gasteiger charge is 2.40. The first-order valence-electron chi connectivity index (χ1n) is 9.82. The van der Waals surface area contributed by atoms with Gasteiger partial charge in [0.25, 0.3) is 0 Å². The maximum atomic E-state index is 14.9. The lowest BCUT2D eigenvalue weighted by Gasteiger charge is -2.32. The van der Waals surface area contributed by atoms with E-state index in [4.69, 9.17) is 11.6 Å². The molecule has 4 rings (SSSR count). The molecule has 1 atom stereocenters. The molecule has 0 fully saturated rings. The van der Waals surface area contributed by atoms with Crippen molar-refractivity contribution in [3.63, 3.8) is 0 Å². The largest absolute Gasteiger partial charge is 0.378 e. The van der Waals surface area contributed by atoms with Crippen LogP contribution in [0.1, 0.15) is 18.7 Å². The van der Waals surface area contributed by atoms with E-state index in [0.29, 0.717) is 5.02 Å². The van der Waals surface area contributed by atoms with Gasteiger partial charge in [0.1, 0.15) is 5.82 Å². The van der Waals surface area contributed by atoms with Crippen molar-refractivity contribution in [1.82, 2.24) is 0 Å². The van der Waals surface area contributed by atoms with Crippen LogP contribution < -0.4 is 14.8 Å². The van der Waals surface area contributed by atoms with Crippen LogP contribution in [0.3, 0.4) is 0 Å². The van der Waals surface area contributed by atoms with Gasteiger partial charge < -0.3 is 4.90 Å². The molecule has 0 spiro atoms. The first-order chi connectivity index (χ1) is 14.9. The molecule has 1 aliphatic rings. The lowest BCUT2D eigenvalue weighted by Crippen LogP contribution is -2.38. The van der Waals surface area contributed by atoms with E-state index in [2.05, 4.69) is 5.10 Å². The van der Waals surface area contributed by atoms with Crippen LogP contribution in [0.2, 0.25) is 5.02 Å². The normalized spacial score (nSPS) is 15.8. The van der Waals surface area contributed by atoms with E-state index in [1.54, 1.807) is 40.2 Å². The molecule has 3 aromatic rings. The van der Waals surface area contributed by atoms with Gasteiger partial charge in [-0.05, 0) is 54.1 Å². The Hall–Kier alpha value is -3.38.